The number of nitrogens with zero attached hydrogens (tertiary/aromatic N) is 4. The van der Waals surface area contributed by atoms with Gasteiger partial charge in [-0.3, -0.25) is 10.0 Å². The van der Waals surface area contributed by atoms with Crippen LogP contribution in [0, 0.1) is 0 Å². The molecule has 1 saturated heterocycles. The van der Waals surface area contributed by atoms with Crippen molar-refractivity contribution in [1.82, 2.24) is 14.2 Å². The number of fused-ring (bicyclic) bond motifs is 1. The second-order valence-electron chi connectivity index (χ2n) is 11.1. The molecule has 0 aliphatic carbocycles. The molecule has 0 unspecified atom stereocenters. The van der Waals surface area contributed by atoms with Gasteiger partial charge in [-0.25, -0.2) is 18.2 Å². The normalized spacial score (nSPS) is 14.5. The average molecular weight is 623 g/mol. The van der Waals surface area contributed by atoms with Crippen LogP contribution in [0.1, 0.15) is 31.1 Å². The van der Waals surface area contributed by atoms with Gasteiger partial charge >= 0.3 is 6.09 Å². The molecule has 0 radical (unpaired) electrons. The van der Waals surface area contributed by atoms with Crippen LogP contribution in [0.5, 0.6) is 0 Å². The number of piperazine rings is 1. The zero-order valence-electron chi connectivity index (χ0n) is 23.9. The van der Waals surface area contributed by atoms with E-state index >= 15 is 0 Å². The largest absolute Gasteiger partial charge is 0.442 e. The summed E-state index contributed by atoms with van der Waals surface area (Å²) in [5, 5.41) is 12.8. The SMILES string of the molecule is CC(C)(C)OC(=O)N(O)c1cc(-c2ccc(C(=O)N3CCN(S(=O)(=O)c4ccc5cc(Cl)ccc5c4)CC3)cc2)ccn1. The molecule has 0 spiro atoms. The fourth-order valence-electron chi connectivity index (χ4n) is 4.74. The lowest BCUT2D eigenvalue weighted by Gasteiger charge is -2.34. The average Bonchev–Trinajstić information content (AvgIpc) is 2.99. The second kappa shape index (κ2) is 11.9. The molecule has 12 heteroatoms. The first-order chi connectivity index (χ1) is 20.3. The van der Waals surface area contributed by atoms with E-state index in [1.165, 1.54) is 16.6 Å². The topological polar surface area (TPSA) is 120 Å². The van der Waals surface area contributed by atoms with E-state index in [1.807, 2.05) is 0 Å². The predicted molar refractivity (Wildman–Crippen MR) is 164 cm³/mol. The highest BCUT2D eigenvalue weighted by Crippen LogP contribution is 2.27. The van der Waals surface area contributed by atoms with Gasteiger partial charge in [0.1, 0.15) is 5.60 Å². The van der Waals surface area contributed by atoms with Crippen molar-refractivity contribution in [2.24, 2.45) is 0 Å². The molecule has 0 atom stereocenters. The number of rotatable bonds is 5. The maximum absolute atomic E-state index is 13.3. The van der Waals surface area contributed by atoms with Gasteiger partial charge in [0, 0.05) is 43.0 Å². The summed E-state index contributed by atoms with van der Waals surface area (Å²) >= 11 is 6.05. The fourth-order valence-corrected chi connectivity index (χ4v) is 6.37. The molecule has 5 rings (SSSR count). The van der Waals surface area contributed by atoms with E-state index in [1.54, 1.807) is 92.4 Å². The van der Waals surface area contributed by atoms with Crippen LogP contribution in [-0.2, 0) is 14.8 Å². The Morgan fingerprint density at radius 2 is 1.53 bits per heavy atom. The van der Waals surface area contributed by atoms with Crippen molar-refractivity contribution in [3.05, 3.63) is 89.6 Å². The van der Waals surface area contributed by atoms with Crippen molar-refractivity contribution < 1.29 is 28.0 Å². The summed E-state index contributed by atoms with van der Waals surface area (Å²) in [7, 11) is -3.73. The number of benzene rings is 3. The van der Waals surface area contributed by atoms with E-state index in [2.05, 4.69) is 4.98 Å². The second-order valence-corrected chi connectivity index (χ2v) is 13.5. The van der Waals surface area contributed by atoms with E-state index in [0.29, 0.717) is 21.2 Å². The lowest BCUT2D eigenvalue weighted by molar-refractivity contribution is 0.0403. The molecule has 224 valence electrons. The third-order valence-corrected chi connectivity index (χ3v) is 9.06. The molecule has 0 bridgehead atoms. The number of carbonyl (C=O) groups excluding carboxylic acids is 2. The molecule has 1 fully saturated rings. The highest BCUT2D eigenvalue weighted by Gasteiger charge is 2.31. The summed E-state index contributed by atoms with van der Waals surface area (Å²) < 4.78 is 33.2. The van der Waals surface area contributed by atoms with Crippen LogP contribution in [-0.4, -0.2) is 71.6 Å². The quantitative estimate of drug-likeness (QED) is 0.219. The Labute approximate surface area is 255 Å². The number of carbonyl (C=O) groups is 2. The van der Waals surface area contributed by atoms with Gasteiger partial charge in [-0.15, -0.1) is 5.06 Å². The van der Waals surface area contributed by atoms with Gasteiger partial charge in [0.2, 0.25) is 10.0 Å². The molecule has 43 heavy (non-hydrogen) atoms. The number of hydroxylamine groups is 1. The summed E-state index contributed by atoms with van der Waals surface area (Å²) in [5.74, 6) is -0.208. The highest BCUT2D eigenvalue weighted by atomic mass is 35.5. The number of sulfonamides is 1. The lowest BCUT2D eigenvalue weighted by Crippen LogP contribution is -2.50. The number of anilines is 1. The summed E-state index contributed by atoms with van der Waals surface area (Å²) in [6.45, 7) is 5.95. The van der Waals surface area contributed by atoms with Crippen LogP contribution < -0.4 is 5.06 Å². The molecule has 2 amide bonds. The molecular weight excluding hydrogens is 592 g/mol. The van der Waals surface area contributed by atoms with Gasteiger partial charge in [-0.2, -0.15) is 4.31 Å². The Balaban J connectivity index is 1.23. The Morgan fingerprint density at radius 3 is 2.21 bits per heavy atom. The predicted octanol–water partition coefficient (Wildman–Crippen LogP) is 5.83. The van der Waals surface area contributed by atoms with Gasteiger partial charge in [-0.05, 0) is 91.2 Å². The Kier molecular flexibility index (Phi) is 8.44. The van der Waals surface area contributed by atoms with Crippen molar-refractivity contribution in [3.8, 4) is 11.1 Å². The molecule has 2 heterocycles. The maximum Gasteiger partial charge on any atom is 0.440 e. The van der Waals surface area contributed by atoms with E-state index in [-0.39, 0.29) is 42.8 Å². The van der Waals surface area contributed by atoms with Gasteiger partial charge in [-0.1, -0.05) is 35.9 Å². The first kappa shape index (κ1) is 30.4. The summed E-state index contributed by atoms with van der Waals surface area (Å²) in [4.78, 5) is 31.3. The van der Waals surface area contributed by atoms with Crippen molar-refractivity contribution in [3.63, 3.8) is 0 Å². The monoisotopic (exact) mass is 622 g/mol. The highest BCUT2D eigenvalue weighted by molar-refractivity contribution is 7.89. The van der Waals surface area contributed by atoms with Gasteiger partial charge in [0.05, 0.1) is 4.90 Å². The van der Waals surface area contributed by atoms with E-state index in [4.69, 9.17) is 16.3 Å². The van der Waals surface area contributed by atoms with Gasteiger partial charge in [0.15, 0.2) is 5.82 Å². The van der Waals surface area contributed by atoms with Crippen molar-refractivity contribution >= 4 is 50.2 Å². The molecule has 1 aliphatic rings. The Hall–Kier alpha value is -4.03. The number of hydrogen-bond donors (Lipinski definition) is 1. The third kappa shape index (κ3) is 6.80. The molecule has 4 aromatic rings. The third-order valence-electron chi connectivity index (χ3n) is 6.93. The van der Waals surface area contributed by atoms with Gasteiger partial charge in [0.25, 0.3) is 5.91 Å². The first-order valence-corrected chi connectivity index (χ1v) is 15.4. The molecular formula is C31H31ClN4O6S. The zero-order chi connectivity index (χ0) is 30.9. The Bertz CT molecular complexity index is 1780. The van der Waals surface area contributed by atoms with E-state index < -0.39 is 21.7 Å². The molecule has 3 aromatic carbocycles. The number of hydrogen-bond acceptors (Lipinski definition) is 7. The standard InChI is InChI=1S/C31H31ClN4O6S/c1-31(2,3)42-30(38)36(39)28-20-25(12-13-33-28)21-4-6-22(7-5-21)29(37)34-14-16-35(17-15-34)43(40,41)27-11-9-23-18-26(32)10-8-24(23)19-27/h4-13,18-20,39H,14-17H2,1-3H3. The molecule has 0 saturated carbocycles. The molecule has 10 nitrogen and oxygen atoms in total. The van der Waals surface area contributed by atoms with Crippen LogP contribution >= 0.6 is 11.6 Å². The summed E-state index contributed by atoms with van der Waals surface area (Å²) in [5.41, 5.74) is 1.08. The van der Waals surface area contributed by atoms with Crippen LogP contribution in [0.2, 0.25) is 5.02 Å². The lowest BCUT2D eigenvalue weighted by atomic mass is 10.0. The zero-order valence-corrected chi connectivity index (χ0v) is 25.5. The van der Waals surface area contributed by atoms with Crippen LogP contribution in [0.25, 0.3) is 21.9 Å². The molecule has 1 aromatic heterocycles. The van der Waals surface area contributed by atoms with Crippen LogP contribution in [0.4, 0.5) is 10.6 Å². The number of ether oxygens (including phenoxy) is 1. The summed E-state index contributed by atoms with van der Waals surface area (Å²) in [6.07, 6.45) is 0.506. The molecule has 1 N–H and O–H groups in total. The smallest absolute Gasteiger partial charge is 0.440 e. The van der Waals surface area contributed by atoms with E-state index in [9.17, 15) is 23.2 Å². The Morgan fingerprint density at radius 1 is 0.884 bits per heavy atom. The number of halogens is 1. The minimum absolute atomic E-state index is 0.00665. The minimum Gasteiger partial charge on any atom is -0.442 e. The number of aromatic nitrogens is 1. The van der Waals surface area contributed by atoms with Crippen molar-refractivity contribution in [2.75, 3.05) is 31.2 Å². The first-order valence-electron chi connectivity index (χ1n) is 13.6. The number of amides is 2. The molecule has 1 aliphatic heterocycles. The van der Waals surface area contributed by atoms with Crippen LogP contribution in [0.3, 0.4) is 0 Å². The minimum atomic E-state index is -3.73. The maximum atomic E-state index is 13.3. The fraction of sp³-hybridized carbons (Fsp3) is 0.258. The van der Waals surface area contributed by atoms with E-state index in [0.717, 1.165) is 16.3 Å². The van der Waals surface area contributed by atoms with Gasteiger partial charge < -0.3 is 9.64 Å². The number of pyridine rings is 1. The van der Waals surface area contributed by atoms with Crippen LogP contribution in [0.15, 0.2) is 83.9 Å². The van der Waals surface area contributed by atoms with Crippen molar-refractivity contribution in [2.45, 2.75) is 31.3 Å². The van der Waals surface area contributed by atoms with Crippen molar-refractivity contribution in [1.29, 1.82) is 0 Å². The summed E-state index contributed by atoms with van der Waals surface area (Å²) in [6, 6.07) is 20.4.